The van der Waals surface area contributed by atoms with Crippen LogP contribution in [0.15, 0.2) is 107 Å². The molecule has 1 amide bonds. The molecule has 0 heterocycles. The maximum atomic E-state index is 13.5. The predicted molar refractivity (Wildman–Crippen MR) is 156 cm³/mol. The van der Waals surface area contributed by atoms with Crippen molar-refractivity contribution in [3.8, 4) is 5.75 Å². The molecule has 0 saturated heterocycles. The van der Waals surface area contributed by atoms with E-state index >= 15 is 0 Å². The molecular formula is C30H28N4O6S. The molecule has 41 heavy (non-hydrogen) atoms. The Bertz CT molecular complexity index is 1660. The molecule has 0 unspecified atom stereocenters. The van der Waals surface area contributed by atoms with Crippen LogP contribution in [-0.4, -0.2) is 32.0 Å². The molecule has 1 N–H and O–H groups in total. The number of non-ortho nitro benzene ring substituents is 1. The first-order valence-corrected chi connectivity index (χ1v) is 14.0. The van der Waals surface area contributed by atoms with Gasteiger partial charge in [0.2, 0.25) is 0 Å². The first kappa shape index (κ1) is 29.0. The van der Waals surface area contributed by atoms with Crippen molar-refractivity contribution in [3.63, 3.8) is 0 Å². The third-order valence-electron chi connectivity index (χ3n) is 6.08. The van der Waals surface area contributed by atoms with Crippen molar-refractivity contribution in [3.05, 3.63) is 129 Å². The Morgan fingerprint density at radius 2 is 1.66 bits per heavy atom. The number of hydrogen-bond acceptors (Lipinski definition) is 7. The molecule has 4 aromatic carbocycles. The molecule has 0 aliphatic rings. The number of carbonyl (C=O) groups is 1. The summed E-state index contributed by atoms with van der Waals surface area (Å²) in [7, 11) is -4.02. The average Bonchev–Trinajstić information content (AvgIpc) is 2.96. The van der Waals surface area contributed by atoms with Gasteiger partial charge in [0.25, 0.3) is 21.6 Å². The van der Waals surface area contributed by atoms with Crippen LogP contribution in [0.25, 0.3) is 0 Å². The number of anilines is 1. The van der Waals surface area contributed by atoms with E-state index in [0.29, 0.717) is 17.0 Å². The summed E-state index contributed by atoms with van der Waals surface area (Å²) in [5, 5.41) is 14.8. The van der Waals surface area contributed by atoms with Crippen LogP contribution in [0.2, 0.25) is 0 Å². The molecule has 0 aromatic heterocycles. The Morgan fingerprint density at radius 3 is 2.29 bits per heavy atom. The molecule has 10 nitrogen and oxygen atoms in total. The number of hydrogen-bond donors (Lipinski definition) is 1. The van der Waals surface area contributed by atoms with Crippen molar-refractivity contribution in [2.24, 2.45) is 5.10 Å². The number of nitrogens with zero attached hydrogens (tertiary/aromatic N) is 3. The molecule has 0 atom stereocenters. The minimum absolute atomic E-state index is 0.0141. The number of hydrazone groups is 1. The molecule has 0 aliphatic carbocycles. The highest BCUT2D eigenvalue weighted by Gasteiger charge is 2.28. The molecule has 0 bridgehead atoms. The fourth-order valence-corrected chi connectivity index (χ4v) is 5.49. The van der Waals surface area contributed by atoms with Crippen molar-refractivity contribution in [1.82, 2.24) is 5.43 Å². The SMILES string of the molecule is Cc1ccc(N(CC(=O)N/N=C\c2ccc(OCc3ccc([N+](=O)[O-])cc3)cc2)S(=O)(=O)c2ccccc2)c(C)c1. The minimum Gasteiger partial charge on any atom is -0.489 e. The minimum atomic E-state index is -4.02. The predicted octanol–water partition coefficient (Wildman–Crippen LogP) is 5.14. The number of nitrogens with one attached hydrogen (secondary N) is 1. The summed E-state index contributed by atoms with van der Waals surface area (Å²) >= 11 is 0. The summed E-state index contributed by atoms with van der Waals surface area (Å²) in [6.45, 7) is 3.48. The first-order valence-electron chi connectivity index (χ1n) is 12.6. The van der Waals surface area contributed by atoms with Crippen LogP contribution in [0, 0.1) is 24.0 Å². The number of carbonyl (C=O) groups excluding carboxylic acids is 1. The van der Waals surface area contributed by atoms with Gasteiger partial charge >= 0.3 is 0 Å². The Balaban J connectivity index is 1.39. The fraction of sp³-hybridized carbons (Fsp3) is 0.133. The molecular weight excluding hydrogens is 544 g/mol. The second kappa shape index (κ2) is 12.9. The first-order chi connectivity index (χ1) is 19.6. The van der Waals surface area contributed by atoms with Crippen LogP contribution in [0.5, 0.6) is 5.75 Å². The van der Waals surface area contributed by atoms with Gasteiger partial charge in [0, 0.05) is 12.1 Å². The number of nitro groups is 1. The standard InChI is InChI=1S/C30H28N4O6S/c1-22-8-17-29(23(2)18-22)33(41(38,39)28-6-4-3-5-7-28)20-30(35)32-31-19-24-11-15-27(16-12-24)40-21-25-9-13-26(14-10-25)34(36)37/h3-19H,20-21H2,1-2H3,(H,32,35)/b31-19-. The smallest absolute Gasteiger partial charge is 0.269 e. The van der Waals surface area contributed by atoms with Crippen LogP contribution in [0.3, 0.4) is 0 Å². The second-order valence-electron chi connectivity index (χ2n) is 9.19. The van der Waals surface area contributed by atoms with Gasteiger partial charge in [-0.05, 0) is 85.1 Å². The lowest BCUT2D eigenvalue weighted by Crippen LogP contribution is -2.40. The third kappa shape index (κ3) is 7.55. The number of ether oxygens (including phenoxy) is 1. The van der Waals surface area contributed by atoms with Crippen molar-refractivity contribution in [2.45, 2.75) is 25.3 Å². The molecule has 0 aliphatic heterocycles. The number of aryl methyl sites for hydroxylation is 2. The van der Waals surface area contributed by atoms with Crippen LogP contribution in [0.4, 0.5) is 11.4 Å². The summed E-state index contributed by atoms with van der Waals surface area (Å²) in [5.74, 6) is -0.0245. The van der Waals surface area contributed by atoms with Crippen LogP contribution < -0.4 is 14.5 Å². The van der Waals surface area contributed by atoms with E-state index in [1.54, 1.807) is 73.7 Å². The van der Waals surface area contributed by atoms with Crippen LogP contribution >= 0.6 is 0 Å². The lowest BCUT2D eigenvalue weighted by Gasteiger charge is -2.25. The average molecular weight is 573 g/mol. The molecule has 210 valence electrons. The number of rotatable bonds is 11. The Kier molecular flexibility index (Phi) is 9.10. The summed E-state index contributed by atoms with van der Waals surface area (Å²) in [5.41, 5.74) is 5.98. The molecule has 0 spiro atoms. The van der Waals surface area contributed by atoms with Crippen LogP contribution in [-0.2, 0) is 21.4 Å². The van der Waals surface area contributed by atoms with Gasteiger partial charge in [0.05, 0.1) is 21.7 Å². The van der Waals surface area contributed by atoms with Crippen molar-refractivity contribution in [2.75, 3.05) is 10.8 Å². The Labute approximate surface area is 238 Å². The van der Waals surface area contributed by atoms with Gasteiger partial charge in [-0.3, -0.25) is 19.2 Å². The normalized spacial score (nSPS) is 11.3. The van der Waals surface area contributed by atoms with E-state index in [-0.39, 0.29) is 17.2 Å². The summed E-state index contributed by atoms with van der Waals surface area (Å²) in [6.07, 6.45) is 1.44. The van der Waals surface area contributed by atoms with E-state index in [4.69, 9.17) is 4.74 Å². The Morgan fingerprint density at radius 1 is 0.976 bits per heavy atom. The fourth-order valence-electron chi connectivity index (χ4n) is 3.98. The van der Waals surface area contributed by atoms with Gasteiger partial charge in [-0.25, -0.2) is 13.8 Å². The van der Waals surface area contributed by atoms with Gasteiger partial charge in [-0.1, -0.05) is 35.9 Å². The highest BCUT2D eigenvalue weighted by atomic mass is 32.2. The van der Waals surface area contributed by atoms with E-state index in [2.05, 4.69) is 10.5 Å². The largest absolute Gasteiger partial charge is 0.489 e. The number of sulfonamides is 1. The monoisotopic (exact) mass is 572 g/mol. The zero-order valence-corrected chi connectivity index (χ0v) is 23.2. The summed E-state index contributed by atoms with van der Waals surface area (Å²) in [4.78, 5) is 23.2. The van der Waals surface area contributed by atoms with E-state index in [0.717, 1.165) is 21.0 Å². The number of nitro benzene ring substituents is 1. The van der Waals surface area contributed by atoms with Crippen molar-refractivity contribution >= 4 is 33.5 Å². The highest BCUT2D eigenvalue weighted by Crippen LogP contribution is 2.27. The number of benzene rings is 4. The zero-order valence-electron chi connectivity index (χ0n) is 22.4. The number of amides is 1. The topological polar surface area (TPSA) is 131 Å². The molecule has 0 radical (unpaired) electrons. The summed E-state index contributed by atoms with van der Waals surface area (Å²) in [6, 6.07) is 26.3. The maximum Gasteiger partial charge on any atom is 0.269 e. The van der Waals surface area contributed by atoms with E-state index in [1.165, 1.54) is 30.5 Å². The van der Waals surface area contributed by atoms with Crippen molar-refractivity contribution in [1.29, 1.82) is 0 Å². The molecule has 0 fully saturated rings. The third-order valence-corrected chi connectivity index (χ3v) is 7.85. The molecule has 11 heteroatoms. The highest BCUT2D eigenvalue weighted by molar-refractivity contribution is 7.92. The lowest BCUT2D eigenvalue weighted by molar-refractivity contribution is -0.384. The van der Waals surface area contributed by atoms with E-state index < -0.39 is 27.4 Å². The van der Waals surface area contributed by atoms with Gasteiger partial charge in [0.15, 0.2) is 0 Å². The van der Waals surface area contributed by atoms with Gasteiger partial charge in [-0.15, -0.1) is 0 Å². The zero-order chi connectivity index (χ0) is 29.4. The maximum absolute atomic E-state index is 13.5. The van der Waals surface area contributed by atoms with Crippen molar-refractivity contribution < 1.29 is 22.9 Å². The second-order valence-corrected chi connectivity index (χ2v) is 11.1. The van der Waals surface area contributed by atoms with Gasteiger partial charge < -0.3 is 4.74 Å². The quantitative estimate of drug-likeness (QED) is 0.150. The molecule has 4 rings (SSSR count). The lowest BCUT2D eigenvalue weighted by atomic mass is 10.1. The molecule has 4 aromatic rings. The van der Waals surface area contributed by atoms with Gasteiger partial charge in [-0.2, -0.15) is 5.10 Å². The van der Waals surface area contributed by atoms with E-state index in [1.807, 2.05) is 13.0 Å². The van der Waals surface area contributed by atoms with Crippen LogP contribution in [0.1, 0.15) is 22.3 Å². The summed E-state index contributed by atoms with van der Waals surface area (Å²) < 4.78 is 33.8. The molecule has 0 saturated carbocycles. The van der Waals surface area contributed by atoms with E-state index in [9.17, 15) is 23.3 Å². The van der Waals surface area contributed by atoms with Gasteiger partial charge in [0.1, 0.15) is 18.9 Å². The Hall–Kier alpha value is -5.03.